The smallest absolute Gasteiger partial charge is 0.340 e. The summed E-state index contributed by atoms with van der Waals surface area (Å²) in [5.41, 5.74) is 0.919. The van der Waals surface area contributed by atoms with E-state index in [1.54, 1.807) is 0 Å². The largest absolute Gasteiger partial charge is 0.465 e. The van der Waals surface area contributed by atoms with E-state index >= 15 is 0 Å². The van der Waals surface area contributed by atoms with Gasteiger partial charge in [0.25, 0.3) is 0 Å². The molecule has 0 aromatic carbocycles. The van der Waals surface area contributed by atoms with Gasteiger partial charge in [-0.25, -0.2) is 9.78 Å². The third kappa shape index (κ3) is 4.35. The van der Waals surface area contributed by atoms with Crippen molar-refractivity contribution in [1.29, 1.82) is 0 Å². The molecule has 0 atom stereocenters. The van der Waals surface area contributed by atoms with Crippen molar-refractivity contribution in [3.63, 3.8) is 0 Å². The summed E-state index contributed by atoms with van der Waals surface area (Å²) in [7, 11) is 0.206. The number of hydrogen-bond acceptors (Lipinski definition) is 4. The van der Waals surface area contributed by atoms with E-state index in [0.29, 0.717) is 22.8 Å². The number of methoxy groups -OCH3 is 1. The molecule has 0 saturated carbocycles. The maximum absolute atomic E-state index is 11.7. The van der Waals surface area contributed by atoms with Gasteiger partial charge in [0.1, 0.15) is 12.4 Å². The summed E-state index contributed by atoms with van der Waals surface area (Å²) in [6.45, 7) is 8.06. The summed E-state index contributed by atoms with van der Waals surface area (Å²) >= 11 is 9.80. The number of carbonyl (C=O) groups excluding carboxylic acids is 1. The third-order valence-electron chi connectivity index (χ3n) is 3.41. The van der Waals surface area contributed by atoms with E-state index in [1.165, 1.54) is 13.3 Å². The Bertz CT molecular complexity index is 728. The molecule has 2 aromatic rings. The van der Waals surface area contributed by atoms with Crippen molar-refractivity contribution in [2.45, 2.75) is 32.4 Å². The number of pyridine rings is 1. The zero-order valence-electron chi connectivity index (χ0n) is 13.7. The lowest BCUT2D eigenvalue weighted by Crippen LogP contribution is -2.22. The van der Waals surface area contributed by atoms with Crippen LogP contribution in [0.3, 0.4) is 0 Å². The van der Waals surface area contributed by atoms with Gasteiger partial charge < -0.3 is 14.0 Å². The molecule has 0 aliphatic heterocycles. The first-order chi connectivity index (χ1) is 10.7. The molecule has 126 valence electrons. The Hall–Kier alpha value is -0.893. The highest BCUT2D eigenvalue weighted by Crippen LogP contribution is 2.33. The van der Waals surface area contributed by atoms with Gasteiger partial charge in [-0.05, 0) is 22.0 Å². The van der Waals surface area contributed by atoms with E-state index in [0.717, 1.165) is 17.1 Å². The van der Waals surface area contributed by atoms with Gasteiger partial charge >= 0.3 is 5.97 Å². The van der Waals surface area contributed by atoms with Crippen LogP contribution in [0.25, 0.3) is 11.0 Å². The minimum Gasteiger partial charge on any atom is -0.465 e. The molecule has 5 nitrogen and oxygen atoms in total. The molecule has 2 heterocycles. The molecule has 0 N–H and O–H groups in total. The third-order valence-corrected chi connectivity index (χ3v) is 6.11. The van der Waals surface area contributed by atoms with Gasteiger partial charge in [0, 0.05) is 31.5 Å². The summed E-state index contributed by atoms with van der Waals surface area (Å²) in [6, 6.07) is 1.11. The molecular formula is C15H20BrClN2O3Si. The highest BCUT2D eigenvalue weighted by Gasteiger charge is 2.19. The fraction of sp³-hybridized carbons (Fsp3) is 0.467. The lowest BCUT2D eigenvalue weighted by atomic mass is 10.2. The van der Waals surface area contributed by atoms with Crippen LogP contribution in [-0.4, -0.2) is 37.3 Å². The van der Waals surface area contributed by atoms with Crippen molar-refractivity contribution in [2.75, 3.05) is 13.7 Å². The number of ether oxygens (including phenoxy) is 2. The molecule has 0 fully saturated rings. The number of aromatic nitrogens is 2. The second-order valence-corrected chi connectivity index (χ2v) is 13.3. The van der Waals surface area contributed by atoms with Crippen LogP contribution < -0.4 is 0 Å². The van der Waals surface area contributed by atoms with Crippen molar-refractivity contribution in [3.05, 3.63) is 27.5 Å². The first kappa shape index (κ1) is 18.4. The highest BCUT2D eigenvalue weighted by atomic mass is 79.9. The number of esters is 1. The van der Waals surface area contributed by atoms with Crippen LogP contribution in [0.15, 0.2) is 16.9 Å². The molecule has 2 rings (SSSR count). The van der Waals surface area contributed by atoms with Crippen molar-refractivity contribution in [3.8, 4) is 0 Å². The minimum absolute atomic E-state index is 0.250. The van der Waals surface area contributed by atoms with Gasteiger partial charge in [-0.2, -0.15) is 0 Å². The number of rotatable bonds is 6. The van der Waals surface area contributed by atoms with E-state index in [-0.39, 0.29) is 5.56 Å². The zero-order chi connectivity index (χ0) is 17.2. The normalized spacial score (nSPS) is 11.9. The van der Waals surface area contributed by atoms with Crippen LogP contribution in [0.4, 0.5) is 0 Å². The lowest BCUT2D eigenvalue weighted by Gasteiger charge is -2.15. The Morgan fingerprint density at radius 3 is 2.74 bits per heavy atom. The highest BCUT2D eigenvalue weighted by molar-refractivity contribution is 9.10. The molecular weight excluding hydrogens is 400 g/mol. The summed E-state index contributed by atoms with van der Waals surface area (Å²) < 4.78 is 13.1. The molecule has 0 aliphatic rings. The molecule has 2 aromatic heterocycles. The van der Waals surface area contributed by atoms with Crippen molar-refractivity contribution in [1.82, 2.24) is 9.55 Å². The molecule has 0 spiro atoms. The van der Waals surface area contributed by atoms with E-state index in [9.17, 15) is 4.79 Å². The Morgan fingerprint density at radius 1 is 1.43 bits per heavy atom. The zero-order valence-corrected chi connectivity index (χ0v) is 17.0. The predicted molar refractivity (Wildman–Crippen MR) is 97.9 cm³/mol. The van der Waals surface area contributed by atoms with Crippen molar-refractivity contribution < 1.29 is 14.3 Å². The Balaban J connectivity index is 2.23. The molecule has 23 heavy (non-hydrogen) atoms. The average molecular weight is 420 g/mol. The maximum atomic E-state index is 11.7. The van der Waals surface area contributed by atoms with E-state index in [4.69, 9.17) is 21.1 Å². The Kier molecular flexibility index (Phi) is 5.88. The van der Waals surface area contributed by atoms with Gasteiger partial charge in [0.15, 0.2) is 0 Å². The lowest BCUT2D eigenvalue weighted by molar-refractivity contribution is 0.0600. The standard InChI is InChI=1S/C15H20BrClN2O3Si/c1-21-15(20)10-7-18-14-12(13(10)17)11(16)8-19(14)9-22-5-6-23(2,3)4/h7-8H,5-6,9H2,1-4H3. The monoisotopic (exact) mass is 418 g/mol. The van der Waals surface area contributed by atoms with E-state index < -0.39 is 14.0 Å². The van der Waals surface area contributed by atoms with Gasteiger partial charge in [-0.15, -0.1) is 0 Å². The molecule has 0 saturated heterocycles. The second-order valence-electron chi connectivity index (χ2n) is 6.47. The predicted octanol–water partition coefficient (Wildman–Crippen LogP) is 4.55. The van der Waals surface area contributed by atoms with Gasteiger partial charge in [-0.3, -0.25) is 0 Å². The topological polar surface area (TPSA) is 53.3 Å². The first-order valence-electron chi connectivity index (χ1n) is 7.23. The number of fused-ring (bicyclic) bond motifs is 1. The van der Waals surface area contributed by atoms with Gasteiger partial charge in [0.05, 0.1) is 23.1 Å². The van der Waals surface area contributed by atoms with Crippen LogP contribution in [-0.2, 0) is 16.2 Å². The summed E-state index contributed by atoms with van der Waals surface area (Å²) in [6.07, 6.45) is 3.29. The number of carbonyl (C=O) groups is 1. The summed E-state index contributed by atoms with van der Waals surface area (Å²) in [5.74, 6) is -0.504. The Morgan fingerprint density at radius 2 is 2.13 bits per heavy atom. The summed E-state index contributed by atoms with van der Waals surface area (Å²) in [5, 5.41) is 1.01. The minimum atomic E-state index is -1.11. The van der Waals surface area contributed by atoms with Crippen molar-refractivity contribution in [2.24, 2.45) is 0 Å². The number of hydrogen-bond donors (Lipinski definition) is 0. The average Bonchev–Trinajstić information content (AvgIpc) is 2.79. The van der Waals surface area contributed by atoms with E-state index in [1.807, 2.05) is 10.8 Å². The molecule has 0 unspecified atom stereocenters. The van der Waals surface area contributed by atoms with Crippen LogP contribution >= 0.6 is 27.5 Å². The fourth-order valence-corrected chi connectivity index (χ4v) is 3.87. The molecule has 0 radical (unpaired) electrons. The number of halogens is 2. The SMILES string of the molecule is COC(=O)c1cnc2c(c(Br)cn2COCC[Si](C)(C)C)c1Cl. The van der Waals surface area contributed by atoms with Gasteiger partial charge in [-0.1, -0.05) is 31.2 Å². The fourth-order valence-electron chi connectivity index (χ4n) is 2.06. The maximum Gasteiger partial charge on any atom is 0.340 e. The van der Waals surface area contributed by atoms with Crippen LogP contribution in [0.1, 0.15) is 10.4 Å². The molecule has 0 amide bonds. The Labute approximate surface area is 150 Å². The van der Waals surface area contributed by atoms with Gasteiger partial charge in [0.2, 0.25) is 0 Å². The molecule has 8 heteroatoms. The van der Waals surface area contributed by atoms with E-state index in [2.05, 4.69) is 40.6 Å². The van der Waals surface area contributed by atoms with Crippen molar-refractivity contribution >= 4 is 52.6 Å². The molecule has 0 aliphatic carbocycles. The van der Waals surface area contributed by atoms with Crippen LogP contribution in [0.5, 0.6) is 0 Å². The van der Waals surface area contributed by atoms with Crippen LogP contribution in [0.2, 0.25) is 30.7 Å². The quantitative estimate of drug-likeness (QED) is 0.391. The first-order valence-corrected chi connectivity index (χ1v) is 12.1. The second kappa shape index (κ2) is 7.34. The summed E-state index contributed by atoms with van der Waals surface area (Å²) in [4.78, 5) is 16.0. The van der Waals surface area contributed by atoms with Crippen LogP contribution in [0, 0.1) is 0 Å². The number of nitrogens with zero attached hydrogens (tertiary/aromatic N) is 2. The molecule has 0 bridgehead atoms.